The molecule has 138 valence electrons. The fourth-order valence-corrected chi connectivity index (χ4v) is 4.78. The molecule has 0 unspecified atom stereocenters. The van der Waals surface area contributed by atoms with Crippen molar-refractivity contribution in [3.05, 3.63) is 47.0 Å². The Morgan fingerprint density at radius 1 is 1.15 bits per heavy atom. The molecule has 7 nitrogen and oxygen atoms in total. The van der Waals surface area contributed by atoms with Crippen LogP contribution in [0.1, 0.15) is 29.6 Å². The highest BCUT2D eigenvalue weighted by molar-refractivity contribution is 7.92. The average molecular weight is 374 g/mol. The highest BCUT2D eigenvalue weighted by atomic mass is 32.2. The van der Waals surface area contributed by atoms with Crippen LogP contribution in [-0.4, -0.2) is 23.2 Å². The third kappa shape index (κ3) is 3.01. The van der Waals surface area contributed by atoms with E-state index in [2.05, 4.69) is 14.9 Å². The van der Waals surface area contributed by atoms with E-state index in [1.807, 2.05) is 25.1 Å². The van der Waals surface area contributed by atoms with Gasteiger partial charge in [-0.15, -0.1) is 10.2 Å². The van der Waals surface area contributed by atoms with Crippen LogP contribution in [0, 0.1) is 20.8 Å². The molecule has 2 heterocycles. The average Bonchev–Trinajstić information content (AvgIpc) is 3.09. The van der Waals surface area contributed by atoms with E-state index in [-0.39, 0.29) is 4.90 Å². The number of sulfonamides is 1. The van der Waals surface area contributed by atoms with E-state index in [0.717, 1.165) is 12.0 Å². The molecule has 0 radical (unpaired) electrons. The van der Waals surface area contributed by atoms with Crippen molar-refractivity contribution >= 4 is 15.7 Å². The summed E-state index contributed by atoms with van der Waals surface area (Å²) in [4.78, 5) is 0.233. The number of aromatic nitrogens is 3. The van der Waals surface area contributed by atoms with Crippen molar-refractivity contribution in [2.75, 3.05) is 4.72 Å². The number of anilines is 1. The molecule has 0 aliphatic carbocycles. The van der Waals surface area contributed by atoms with E-state index in [4.69, 9.17) is 4.42 Å². The lowest BCUT2D eigenvalue weighted by atomic mass is 10.1. The van der Waals surface area contributed by atoms with Crippen LogP contribution < -0.4 is 4.72 Å². The minimum absolute atomic E-state index is 0.233. The number of benzene rings is 1. The first-order valence-corrected chi connectivity index (χ1v) is 9.81. The summed E-state index contributed by atoms with van der Waals surface area (Å²) in [6, 6.07) is 7.39. The molecule has 0 fully saturated rings. The molecule has 0 atom stereocenters. The first-order chi connectivity index (χ1) is 12.3. The zero-order valence-corrected chi connectivity index (χ0v) is 16.3. The van der Waals surface area contributed by atoms with E-state index in [9.17, 15) is 8.42 Å². The second-order valence-electron chi connectivity index (χ2n) is 6.19. The topological polar surface area (TPSA) is 90.0 Å². The number of hydrogen-bond donors (Lipinski definition) is 1. The summed E-state index contributed by atoms with van der Waals surface area (Å²) < 4.78 is 36.2. The smallest absolute Gasteiger partial charge is 0.264 e. The Kier molecular flexibility index (Phi) is 4.62. The molecule has 0 bridgehead atoms. The van der Waals surface area contributed by atoms with Gasteiger partial charge >= 0.3 is 0 Å². The molecule has 0 aliphatic heterocycles. The fourth-order valence-electron chi connectivity index (χ4n) is 3.17. The Hall–Kier alpha value is -2.61. The van der Waals surface area contributed by atoms with Crippen LogP contribution in [0.15, 0.2) is 33.6 Å². The fraction of sp³-hybridized carbons (Fsp3) is 0.333. The van der Waals surface area contributed by atoms with Crippen LogP contribution >= 0.6 is 0 Å². The monoisotopic (exact) mass is 374 g/mol. The molecular formula is C18H22N4O3S. The lowest BCUT2D eigenvalue weighted by Gasteiger charge is -2.12. The van der Waals surface area contributed by atoms with Crippen LogP contribution in [0.5, 0.6) is 0 Å². The molecule has 0 spiro atoms. The van der Waals surface area contributed by atoms with Crippen molar-refractivity contribution in [1.29, 1.82) is 0 Å². The number of aryl methyl sites for hydroxylation is 2. The second-order valence-corrected chi connectivity index (χ2v) is 7.81. The lowest BCUT2D eigenvalue weighted by Crippen LogP contribution is -2.16. The normalized spacial score (nSPS) is 11.7. The molecule has 0 amide bonds. The van der Waals surface area contributed by atoms with Crippen molar-refractivity contribution < 1.29 is 12.8 Å². The predicted molar refractivity (Wildman–Crippen MR) is 99.5 cm³/mol. The molecular weight excluding hydrogens is 352 g/mol. The Labute approximate surface area is 153 Å². The summed E-state index contributed by atoms with van der Waals surface area (Å²) in [5.41, 5.74) is 3.32. The van der Waals surface area contributed by atoms with Crippen LogP contribution in [0.3, 0.4) is 0 Å². The summed E-state index contributed by atoms with van der Waals surface area (Å²) >= 11 is 0. The van der Waals surface area contributed by atoms with Gasteiger partial charge in [0.1, 0.15) is 10.6 Å². The summed E-state index contributed by atoms with van der Waals surface area (Å²) in [6.07, 6.45) is 0.734. The molecule has 0 saturated heterocycles. The van der Waals surface area contributed by atoms with Gasteiger partial charge in [-0.3, -0.25) is 4.72 Å². The molecule has 2 aromatic heterocycles. The molecule has 0 aliphatic rings. The van der Waals surface area contributed by atoms with E-state index in [1.165, 1.54) is 0 Å². The van der Waals surface area contributed by atoms with Crippen molar-refractivity contribution in [2.45, 2.75) is 39.0 Å². The van der Waals surface area contributed by atoms with Gasteiger partial charge in [0.05, 0.1) is 5.69 Å². The predicted octanol–water partition coefficient (Wildman–Crippen LogP) is 3.36. The van der Waals surface area contributed by atoms with Crippen molar-refractivity contribution in [2.24, 2.45) is 7.05 Å². The third-order valence-corrected chi connectivity index (χ3v) is 6.13. The molecule has 1 aromatic carbocycles. The molecule has 3 rings (SSSR count). The largest absolute Gasteiger partial charge is 0.420 e. The van der Waals surface area contributed by atoms with Crippen LogP contribution in [0.2, 0.25) is 0 Å². The maximum atomic E-state index is 13.1. The quantitative estimate of drug-likeness (QED) is 0.739. The molecule has 8 heteroatoms. The number of hydrogen-bond acceptors (Lipinski definition) is 5. The summed E-state index contributed by atoms with van der Waals surface area (Å²) in [7, 11) is -1.98. The van der Waals surface area contributed by atoms with Gasteiger partial charge in [0, 0.05) is 25.2 Å². The zero-order valence-electron chi connectivity index (χ0n) is 15.5. The van der Waals surface area contributed by atoms with Gasteiger partial charge in [0.2, 0.25) is 5.89 Å². The number of para-hydroxylation sites is 1. The van der Waals surface area contributed by atoms with E-state index in [0.29, 0.717) is 34.4 Å². The summed E-state index contributed by atoms with van der Waals surface area (Å²) in [5.74, 6) is 0.735. The Morgan fingerprint density at radius 3 is 2.46 bits per heavy atom. The van der Waals surface area contributed by atoms with Gasteiger partial charge in [-0.25, -0.2) is 8.42 Å². The Balaban J connectivity index is 2.11. The minimum atomic E-state index is -3.77. The van der Waals surface area contributed by atoms with Gasteiger partial charge in [-0.05, 0) is 31.9 Å². The van der Waals surface area contributed by atoms with Gasteiger partial charge < -0.3 is 8.98 Å². The first-order valence-electron chi connectivity index (χ1n) is 8.33. The van der Waals surface area contributed by atoms with E-state index < -0.39 is 10.0 Å². The van der Waals surface area contributed by atoms with E-state index >= 15 is 0 Å². The maximum Gasteiger partial charge on any atom is 0.264 e. The zero-order chi connectivity index (χ0) is 19.1. The van der Waals surface area contributed by atoms with Crippen molar-refractivity contribution in [3.8, 4) is 11.6 Å². The van der Waals surface area contributed by atoms with Crippen LogP contribution in [0.25, 0.3) is 11.6 Å². The third-order valence-electron chi connectivity index (χ3n) is 4.50. The van der Waals surface area contributed by atoms with Gasteiger partial charge in [-0.1, -0.05) is 25.1 Å². The number of nitrogens with one attached hydrogen (secondary N) is 1. The standard InChI is InChI=1S/C18H22N4O3S/c1-6-14-9-7-8-10-15(14)21-26(23,24)17-11(2)16(22(5)12(17)3)18-20-19-13(4)25-18/h7-10,21H,6H2,1-5H3. The Morgan fingerprint density at radius 2 is 1.85 bits per heavy atom. The van der Waals surface area contributed by atoms with E-state index in [1.54, 1.807) is 38.5 Å². The number of rotatable bonds is 5. The first kappa shape index (κ1) is 18.2. The van der Waals surface area contributed by atoms with Crippen LogP contribution in [-0.2, 0) is 23.5 Å². The molecule has 0 saturated carbocycles. The van der Waals surface area contributed by atoms with Crippen LogP contribution in [0.4, 0.5) is 5.69 Å². The van der Waals surface area contributed by atoms with Gasteiger partial charge in [0.25, 0.3) is 15.9 Å². The molecule has 1 N–H and O–H groups in total. The summed E-state index contributed by atoms with van der Waals surface area (Å²) in [5, 5.41) is 7.87. The maximum absolute atomic E-state index is 13.1. The Bertz CT molecular complexity index is 1060. The molecule has 3 aromatic rings. The SMILES string of the molecule is CCc1ccccc1NS(=O)(=O)c1c(C)c(-c2nnc(C)o2)n(C)c1C. The lowest BCUT2D eigenvalue weighted by molar-refractivity contribution is 0.528. The second kappa shape index (κ2) is 6.60. The van der Waals surface area contributed by atoms with Gasteiger partial charge in [-0.2, -0.15) is 0 Å². The number of nitrogens with zero attached hydrogens (tertiary/aromatic N) is 3. The summed E-state index contributed by atoms with van der Waals surface area (Å²) in [6.45, 7) is 7.20. The molecule has 26 heavy (non-hydrogen) atoms. The van der Waals surface area contributed by atoms with Gasteiger partial charge in [0.15, 0.2) is 0 Å². The van der Waals surface area contributed by atoms with Crippen molar-refractivity contribution in [1.82, 2.24) is 14.8 Å². The minimum Gasteiger partial charge on any atom is -0.420 e. The highest BCUT2D eigenvalue weighted by Crippen LogP contribution is 2.33. The van der Waals surface area contributed by atoms with Crippen molar-refractivity contribution in [3.63, 3.8) is 0 Å². The highest BCUT2D eigenvalue weighted by Gasteiger charge is 2.29.